The number of nitrogens with zero attached hydrogens (tertiary/aromatic N) is 3. The van der Waals surface area contributed by atoms with Crippen LogP contribution in [0, 0.1) is 20.2 Å². The van der Waals surface area contributed by atoms with Gasteiger partial charge in [-0.05, 0) is 35.9 Å². The summed E-state index contributed by atoms with van der Waals surface area (Å²) >= 11 is 12.4. The number of esters is 1. The number of hydrogen-bond acceptors (Lipinski definition) is 8. The first kappa shape index (κ1) is 22.7. The maximum Gasteiger partial charge on any atom is 0.343 e. The van der Waals surface area contributed by atoms with Gasteiger partial charge in [-0.15, -0.1) is 0 Å². The van der Waals surface area contributed by atoms with Crippen molar-refractivity contribution in [2.45, 2.75) is 0 Å². The van der Waals surface area contributed by atoms with E-state index in [-0.39, 0.29) is 21.5 Å². The van der Waals surface area contributed by atoms with Crippen LogP contribution in [-0.2, 0) is 0 Å². The first-order chi connectivity index (χ1) is 15.3. The predicted octanol–water partition coefficient (Wildman–Crippen LogP) is 5.48. The molecule has 3 aromatic rings. The van der Waals surface area contributed by atoms with Crippen LogP contribution < -0.4 is 10.2 Å². The molecule has 0 heterocycles. The van der Waals surface area contributed by atoms with Crippen LogP contribution in [0.25, 0.3) is 0 Å². The number of hydrogen-bond donors (Lipinski definition) is 1. The third-order valence-electron chi connectivity index (χ3n) is 4.01. The summed E-state index contributed by atoms with van der Waals surface area (Å²) in [4.78, 5) is 32.7. The molecule has 0 aliphatic carbocycles. The minimum absolute atomic E-state index is 0.0293. The van der Waals surface area contributed by atoms with E-state index in [0.717, 1.165) is 12.1 Å². The molecule has 0 fully saturated rings. The number of ether oxygens (including phenoxy) is 1. The minimum Gasteiger partial charge on any atom is -0.420 e. The van der Waals surface area contributed by atoms with Gasteiger partial charge in [-0.25, -0.2) is 4.79 Å². The lowest BCUT2D eigenvalue weighted by atomic mass is 10.2. The number of benzene rings is 3. The molecule has 3 rings (SSSR count). The van der Waals surface area contributed by atoms with E-state index in [1.165, 1.54) is 24.4 Å². The number of nitro benzene ring substituents is 2. The molecule has 3 aromatic carbocycles. The van der Waals surface area contributed by atoms with Crippen molar-refractivity contribution in [3.8, 4) is 5.75 Å². The van der Waals surface area contributed by atoms with Gasteiger partial charge in [0.2, 0.25) is 0 Å². The van der Waals surface area contributed by atoms with Crippen LogP contribution in [-0.4, -0.2) is 22.0 Å². The fourth-order valence-corrected chi connectivity index (χ4v) is 3.11. The Labute approximate surface area is 190 Å². The number of hydrazone groups is 1. The van der Waals surface area contributed by atoms with Crippen LogP contribution in [0.5, 0.6) is 5.75 Å². The molecule has 0 amide bonds. The van der Waals surface area contributed by atoms with Crippen molar-refractivity contribution in [3.63, 3.8) is 0 Å². The van der Waals surface area contributed by atoms with Crippen LogP contribution in [0.2, 0.25) is 10.0 Å². The van der Waals surface area contributed by atoms with E-state index >= 15 is 0 Å². The van der Waals surface area contributed by atoms with Crippen molar-refractivity contribution in [1.29, 1.82) is 0 Å². The van der Waals surface area contributed by atoms with Crippen LogP contribution >= 0.6 is 23.2 Å². The highest BCUT2D eigenvalue weighted by Gasteiger charge is 2.19. The van der Waals surface area contributed by atoms with Gasteiger partial charge in [-0.3, -0.25) is 25.7 Å². The fourth-order valence-electron chi connectivity index (χ4n) is 2.53. The highest BCUT2D eigenvalue weighted by atomic mass is 35.5. The number of halogens is 2. The predicted molar refractivity (Wildman–Crippen MR) is 119 cm³/mol. The lowest BCUT2D eigenvalue weighted by molar-refractivity contribution is -0.393. The number of non-ortho nitro benzene ring substituents is 1. The van der Waals surface area contributed by atoms with Crippen molar-refractivity contribution in [1.82, 2.24) is 0 Å². The summed E-state index contributed by atoms with van der Waals surface area (Å²) in [5, 5.41) is 25.9. The Morgan fingerprint density at radius 2 is 1.62 bits per heavy atom. The van der Waals surface area contributed by atoms with E-state index in [9.17, 15) is 25.0 Å². The lowest BCUT2D eigenvalue weighted by Crippen LogP contribution is -2.09. The molecular weight excluding hydrogens is 463 g/mol. The number of nitro groups is 2. The zero-order valence-electron chi connectivity index (χ0n) is 15.9. The average Bonchev–Trinajstić information content (AvgIpc) is 2.76. The average molecular weight is 475 g/mol. The van der Waals surface area contributed by atoms with E-state index in [1.807, 2.05) is 0 Å². The van der Waals surface area contributed by atoms with Crippen LogP contribution in [0.4, 0.5) is 17.1 Å². The minimum atomic E-state index is -0.769. The van der Waals surface area contributed by atoms with E-state index in [1.54, 1.807) is 30.3 Å². The number of carbonyl (C=O) groups excluding carboxylic acids is 1. The summed E-state index contributed by atoms with van der Waals surface area (Å²) in [6.45, 7) is 0. The van der Waals surface area contributed by atoms with Crippen molar-refractivity contribution < 1.29 is 19.4 Å². The zero-order chi connectivity index (χ0) is 23.3. The Balaban J connectivity index is 1.77. The van der Waals surface area contributed by atoms with E-state index in [0.29, 0.717) is 11.1 Å². The van der Waals surface area contributed by atoms with Gasteiger partial charge in [-0.2, -0.15) is 5.10 Å². The second kappa shape index (κ2) is 9.86. The lowest BCUT2D eigenvalue weighted by Gasteiger charge is -2.09. The van der Waals surface area contributed by atoms with Gasteiger partial charge < -0.3 is 4.74 Å². The molecule has 162 valence electrons. The van der Waals surface area contributed by atoms with Crippen molar-refractivity contribution in [2.75, 3.05) is 5.43 Å². The SMILES string of the molecule is O=C(Oc1c(Cl)cc(/C=N\Nc2ccc([N+](=O)[O-])cc2[N+](=O)[O-])cc1Cl)c1ccccc1. The molecule has 32 heavy (non-hydrogen) atoms. The molecule has 0 aromatic heterocycles. The molecule has 1 N–H and O–H groups in total. The second-order valence-corrected chi connectivity index (χ2v) is 6.97. The zero-order valence-corrected chi connectivity index (χ0v) is 17.4. The van der Waals surface area contributed by atoms with Crippen molar-refractivity contribution in [3.05, 3.63) is 102 Å². The quantitative estimate of drug-likeness (QED) is 0.157. The molecule has 0 atom stereocenters. The molecule has 0 saturated heterocycles. The molecule has 0 radical (unpaired) electrons. The molecule has 12 heteroatoms. The normalized spacial score (nSPS) is 10.7. The highest BCUT2D eigenvalue weighted by molar-refractivity contribution is 6.37. The molecule has 0 bridgehead atoms. The molecule has 0 aliphatic rings. The van der Waals surface area contributed by atoms with Crippen molar-refractivity contribution >= 4 is 52.4 Å². The summed E-state index contributed by atoms with van der Waals surface area (Å²) in [5.74, 6) is -0.665. The van der Waals surface area contributed by atoms with Crippen molar-refractivity contribution in [2.24, 2.45) is 5.10 Å². The third kappa shape index (κ3) is 5.36. The molecule has 0 aliphatic heterocycles. The summed E-state index contributed by atoms with van der Waals surface area (Å²) in [7, 11) is 0. The van der Waals surface area contributed by atoms with Gasteiger partial charge in [0.15, 0.2) is 5.75 Å². The summed E-state index contributed by atoms with van der Waals surface area (Å²) in [6.07, 6.45) is 1.27. The van der Waals surface area contributed by atoms with Gasteiger partial charge in [-0.1, -0.05) is 41.4 Å². The first-order valence-corrected chi connectivity index (χ1v) is 9.50. The molecule has 0 unspecified atom stereocenters. The first-order valence-electron chi connectivity index (χ1n) is 8.74. The van der Waals surface area contributed by atoms with E-state index < -0.39 is 27.2 Å². The molecule has 10 nitrogen and oxygen atoms in total. The summed E-state index contributed by atoms with van der Waals surface area (Å²) in [5.41, 5.74) is 2.17. The Kier molecular flexibility index (Phi) is 6.98. The van der Waals surface area contributed by atoms with E-state index in [4.69, 9.17) is 27.9 Å². The largest absolute Gasteiger partial charge is 0.420 e. The maximum absolute atomic E-state index is 12.2. The smallest absolute Gasteiger partial charge is 0.343 e. The standard InChI is InChI=1S/C20H12Cl2N4O6/c21-15-8-12(9-16(22)19(15)32-20(27)13-4-2-1-3-5-13)11-23-24-17-7-6-14(25(28)29)10-18(17)26(30)31/h1-11,24H/b23-11-. The number of rotatable bonds is 7. The third-order valence-corrected chi connectivity index (χ3v) is 4.57. The van der Waals surface area contributed by atoms with Gasteiger partial charge in [0, 0.05) is 6.07 Å². The Hall–Kier alpha value is -4.02. The van der Waals surface area contributed by atoms with Crippen LogP contribution in [0.1, 0.15) is 15.9 Å². The number of carbonyl (C=O) groups is 1. The Morgan fingerprint density at radius 3 is 2.22 bits per heavy atom. The molecular formula is C20H12Cl2N4O6. The summed E-state index contributed by atoms with van der Waals surface area (Å²) in [6, 6.07) is 14.2. The van der Waals surface area contributed by atoms with Gasteiger partial charge >= 0.3 is 11.7 Å². The second-order valence-electron chi connectivity index (χ2n) is 6.15. The summed E-state index contributed by atoms with van der Waals surface area (Å²) < 4.78 is 5.27. The molecule has 0 spiro atoms. The van der Waals surface area contributed by atoms with Gasteiger partial charge in [0.1, 0.15) is 5.69 Å². The molecule has 0 saturated carbocycles. The Bertz CT molecular complexity index is 1210. The maximum atomic E-state index is 12.2. The monoisotopic (exact) mass is 474 g/mol. The highest BCUT2D eigenvalue weighted by Crippen LogP contribution is 2.34. The van der Waals surface area contributed by atoms with E-state index in [2.05, 4.69) is 10.5 Å². The van der Waals surface area contributed by atoms with Crippen LogP contribution in [0.15, 0.2) is 65.8 Å². The fraction of sp³-hybridized carbons (Fsp3) is 0. The number of nitrogens with one attached hydrogen (secondary N) is 1. The number of anilines is 1. The topological polar surface area (TPSA) is 137 Å². The Morgan fingerprint density at radius 1 is 0.969 bits per heavy atom. The van der Waals surface area contributed by atoms with Crippen LogP contribution in [0.3, 0.4) is 0 Å². The van der Waals surface area contributed by atoms with Gasteiger partial charge in [0.05, 0.1) is 37.7 Å². The van der Waals surface area contributed by atoms with Gasteiger partial charge in [0.25, 0.3) is 5.69 Å².